The Morgan fingerprint density at radius 1 is 1.06 bits per heavy atom. The van der Waals surface area contributed by atoms with E-state index in [1.807, 2.05) is 24.3 Å². The van der Waals surface area contributed by atoms with Crippen molar-refractivity contribution in [2.24, 2.45) is 5.92 Å². The fourth-order valence-corrected chi connectivity index (χ4v) is 5.21. The molecule has 0 bridgehead atoms. The van der Waals surface area contributed by atoms with Gasteiger partial charge in [-0.15, -0.1) is 0 Å². The minimum absolute atomic E-state index is 0.00723. The van der Waals surface area contributed by atoms with E-state index in [1.165, 1.54) is 6.07 Å². The molecule has 0 spiro atoms. The Balaban J connectivity index is 1.31. The third-order valence-electron chi connectivity index (χ3n) is 5.88. The van der Waals surface area contributed by atoms with Crippen molar-refractivity contribution in [3.63, 3.8) is 0 Å². The molecular formula is C25H35NO7P+. The van der Waals surface area contributed by atoms with E-state index >= 15 is 0 Å². The van der Waals surface area contributed by atoms with Crippen molar-refractivity contribution in [3.8, 4) is 17.2 Å². The van der Waals surface area contributed by atoms with Crippen LogP contribution in [0, 0.1) is 5.92 Å². The highest BCUT2D eigenvalue weighted by Crippen LogP contribution is 2.61. The second-order valence-corrected chi connectivity index (χ2v) is 10.9. The lowest BCUT2D eigenvalue weighted by Crippen LogP contribution is -2.32. The van der Waals surface area contributed by atoms with Crippen molar-refractivity contribution in [1.82, 2.24) is 5.32 Å². The summed E-state index contributed by atoms with van der Waals surface area (Å²) in [5, 5.41) is 32.8. The molecule has 0 aliphatic heterocycles. The maximum atomic E-state index is 10.5. The molecule has 0 fully saturated rings. The van der Waals surface area contributed by atoms with Gasteiger partial charge < -0.3 is 30.1 Å². The fraction of sp³-hybridized carbons (Fsp3) is 0.440. The predicted octanol–water partition coefficient (Wildman–Crippen LogP) is 3.16. The van der Waals surface area contributed by atoms with Gasteiger partial charge in [-0.05, 0) is 68.1 Å². The van der Waals surface area contributed by atoms with Crippen LogP contribution < -0.4 is 14.8 Å². The summed E-state index contributed by atoms with van der Waals surface area (Å²) in [6, 6.07) is 13.7. The van der Waals surface area contributed by atoms with E-state index < -0.39 is 13.8 Å². The van der Waals surface area contributed by atoms with Gasteiger partial charge in [-0.1, -0.05) is 18.2 Å². The number of benzene rings is 2. The number of para-hydroxylation sites is 1. The molecule has 0 amide bonds. The monoisotopic (exact) mass is 492 g/mol. The second kappa shape index (κ2) is 13.0. The average molecular weight is 493 g/mol. The third kappa shape index (κ3) is 8.24. The lowest BCUT2D eigenvalue weighted by molar-refractivity contribution is 0.106. The molecule has 0 aromatic heterocycles. The molecule has 9 heteroatoms. The summed E-state index contributed by atoms with van der Waals surface area (Å²) in [6.07, 6.45) is 4.44. The first kappa shape index (κ1) is 26.4. The summed E-state index contributed by atoms with van der Waals surface area (Å²) < 4.78 is 11.1. The summed E-state index contributed by atoms with van der Waals surface area (Å²) in [4.78, 5) is 21.1. The first-order valence-electron chi connectivity index (χ1n) is 11.5. The van der Waals surface area contributed by atoms with E-state index in [1.54, 1.807) is 24.3 Å². The zero-order chi connectivity index (χ0) is 24.4. The maximum absolute atomic E-state index is 10.5. The largest absolute Gasteiger partial charge is 0.508 e. The molecule has 3 rings (SSSR count). The molecule has 1 unspecified atom stereocenters. The molecule has 2 atom stereocenters. The van der Waals surface area contributed by atoms with Gasteiger partial charge in [0.05, 0.1) is 6.61 Å². The summed E-state index contributed by atoms with van der Waals surface area (Å²) in [7, 11) is -3.25. The number of hydrogen-bond donors (Lipinski definition) is 6. The number of rotatable bonds is 13. The van der Waals surface area contributed by atoms with Gasteiger partial charge in [0.1, 0.15) is 35.3 Å². The Morgan fingerprint density at radius 3 is 2.56 bits per heavy atom. The lowest BCUT2D eigenvalue weighted by atomic mass is 9.91. The molecule has 8 nitrogen and oxygen atoms in total. The van der Waals surface area contributed by atoms with Crippen LogP contribution in [0.3, 0.4) is 0 Å². The van der Waals surface area contributed by atoms with Crippen LogP contribution in [0.15, 0.2) is 59.9 Å². The first-order chi connectivity index (χ1) is 16.4. The van der Waals surface area contributed by atoms with Gasteiger partial charge in [0.25, 0.3) is 6.35 Å². The van der Waals surface area contributed by atoms with Crippen LogP contribution in [-0.2, 0) is 6.61 Å². The number of aliphatic hydroxyl groups is 2. The van der Waals surface area contributed by atoms with Gasteiger partial charge in [-0.2, -0.15) is 0 Å². The average Bonchev–Trinajstić information content (AvgIpc) is 2.86. The summed E-state index contributed by atoms with van der Waals surface area (Å²) >= 11 is 0. The maximum Gasteiger partial charge on any atom is 0.334 e. The first-order valence-corrected chi connectivity index (χ1v) is 13.4. The van der Waals surface area contributed by atoms with Crippen LogP contribution >= 0.6 is 7.72 Å². The van der Waals surface area contributed by atoms with Gasteiger partial charge in [0, 0.05) is 18.5 Å². The standard InChI is InChI=1S/C25H34NO7P/c27-16-20-14-23(8-11-25(20)29)32-17-21(28)15-26-13-12-19-6-9-24(10-7-19)34(30,31)18-33-22-4-2-1-3-5-22/h1-5,8-9,11,14,19,21,26-28,30-31H,6-7,10,12-13,15-18H2/p+1/t19?,21-/m0/s1. The van der Waals surface area contributed by atoms with Gasteiger partial charge in [-0.25, -0.2) is 9.79 Å². The number of aliphatic hydroxyl groups excluding tert-OH is 2. The van der Waals surface area contributed by atoms with Crippen molar-refractivity contribution in [2.45, 2.75) is 38.4 Å². The Hall–Kier alpha value is -2.19. The molecule has 1 aliphatic rings. The smallest absolute Gasteiger partial charge is 0.334 e. The molecule has 186 valence electrons. The Morgan fingerprint density at radius 2 is 1.85 bits per heavy atom. The van der Waals surface area contributed by atoms with E-state index in [2.05, 4.69) is 5.32 Å². The van der Waals surface area contributed by atoms with Gasteiger partial charge in [-0.3, -0.25) is 0 Å². The topological polar surface area (TPSA) is 132 Å². The molecule has 34 heavy (non-hydrogen) atoms. The number of allylic oxidation sites excluding steroid dienone is 2. The number of phenols is 1. The molecular weight excluding hydrogens is 457 g/mol. The van der Waals surface area contributed by atoms with Crippen LogP contribution in [-0.4, -0.2) is 57.3 Å². The van der Waals surface area contributed by atoms with E-state index in [-0.39, 0.29) is 25.3 Å². The fourth-order valence-electron chi connectivity index (χ4n) is 3.83. The highest BCUT2D eigenvalue weighted by Gasteiger charge is 2.41. The highest BCUT2D eigenvalue weighted by atomic mass is 31.2. The van der Waals surface area contributed by atoms with Gasteiger partial charge in [0.2, 0.25) is 0 Å². The summed E-state index contributed by atoms with van der Waals surface area (Å²) in [5.74, 6) is 1.56. The zero-order valence-corrected chi connectivity index (χ0v) is 20.1. The number of hydrogen-bond acceptors (Lipinski definition) is 8. The molecule has 2 aromatic carbocycles. The summed E-state index contributed by atoms with van der Waals surface area (Å²) in [6.45, 7) is 0.944. The minimum atomic E-state index is -3.25. The summed E-state index contributed by atoms with van der Waals surface area (Å²) in [5.41, 5.74) is 0.375. The van der Waals surface area contributed by atoms with Crippen LogP contribution in [0.25, 0.3) is 0 Å². The Labute approximate surface area is 201 Å². The van der Waals surface area contributed by atoms with Crippen LogP contribution in [0.2, 0.25) is 0 Å². The SMILES string of the molecule is OCc1cc(OC[C@@H](O)CNCCC2CC=C([P+](O)(O)COc3ccccc3)CC2)ccc1O. The zero-order valence-electron chi connectivity index (χ0n) is 19.2. The second-order valence-electron chi connectivity index (χ2n) is 8.56. The van der Waals surface area contributed by atoms with Crippen molar-refractivity contribution in [2.75, 3.05) is 26.0 Å². The number of ether oxygens (including phenoxy) is 2. The van der Waals surface area contributed by atoms with Gasteiger partial charge >= 0.3 is 7.72 Å². The van der Waals surface area contributed by atoms with E-state index in [9.17, 15) is 25.1 Å². The van der Waals surface area contributed by atoms with E-state index in [4.69, 9.17) is 9.47 Å². The van der Waals surface area contributed by atoms with E-state index in [0.717, 1.165) is 25.8 Å². The van der Waals surface area contributed by atoms with Crippen LogP contribution in [0.1, 0.15) is 31.2 Å². The molecule has 0 heterocycles. The van der Waals surface area contributed by atoms with Crippen molar-refractivity contribution < 1.29 is 34.6 Å². The normalized spacial score (nSPS) is 17.2. The minimum Gasteiger partial charge on any atom is -0.508 e. The highest BCUT2D eigenvalue weighted by molar-refractivity contribution is 7.68. The van der Waals surface area contributed by atoms with Crippen molar-refractivity contribution >= 4 is 7.72 Å². The Kier molecular flexibility index (Phi) is 10.1. The molecule has 1 aliphatic carbocycles. The molecule has 0 radical (unpaired) electrons. The third-order valence-corrected chi connectivity index (χ3v) is 7.70. The van der Waals surface area contributed by atoms with Crippen molar-refractivity contribution in [3.05, 3.63) is 65.5 Å². The van der Waals surface area contributed by atoms with E-state index in [0.29, 0.717) is 41.3 Å². The van der Waals surface area contributed by atoms with Crippen LogP contribution in [0.5, 0.6) is 17.2 Å². The molecule has 2 aromatic rings. The van der Waals surface area contributed by atoms with Crippen LogP contribution in [0.4, 0.5) is 0 Å². The molecule has 6 N–H and O–H groups in total. The number of aromatic hydroxyl groups is 1. The molecule has 0 saturated carbocycles. The number of nitrogens with one attached hydrogen (secondary N) is 1. The quantitative estimate of drug-likeness (QED) is 0.186. The predicted molar refractivity (Wildman–Crippen MR) is 132 cm³/mol. The Bertz CT molecular complexity index is 923. The molecule has 0 saturated heterocycles. The van der Waals surface area contributed by atoms with Gasteiger partial charge in [0.15, 0.2) is 0 Å². The van der Waals surface area contributed by atoms with Crippen molar-refractivity contribution in [1.29, 1.82) is 0 Å². The lowest BCUT2D eigenvalue weighted by Gasteiger charge is -2.24.